The van der Waals surface area contributed by atoms with Crippen molar-refractivity contribution in [3.8, 4) is 0 Å². The molecule has 0 amide bonds. The fourth-order valence-corrected chi connectivity index (χ4v) is 4.00. The summed E-state index contributed by atoms with van der Waals surface area (Å²) in [7, 11) is 0. The number of hydrogen-bond donors (Lipinski definition) is 3. The Labute approximate surface area is 195 Å². The minimum Gasteiger partial charge on any atom is -0.387 e. The first-order chi connectivity index (χ1) is 16.2. The van der Waals surface area contributed by atoms with Crippen LogP contribution in [0.3, 0.4) is 0 Å². The van der Waals surface area contributed by atoms with Crippen molar-refractivity contribution in [2.45, 2.75) is 24.3 Å². The van der Waals surface area contributed by atoms with Gasteiger partial charge in [0, 0.05) is 0 Å². The lowest BCUT2D eigenvalue weighted by Gasteiger charge is -2.32. The number of aliphatic hydroxyl groups excluding tert-OH is 2. The molecule has 0 aliphatic rings. The third kappa shape index (κ3) is 6.05. The van der Waals surface area contributed by atoms with Crippen molar-refractivity contribution in [3.63, 3.8) is 0 Å². The van der Waals surface area contributed by atoms with E-state index in [1.165, 1.54) is 0 Å². The molecule has 0 spiro atoms. The fourth-order valence-electron chi connectivity index (χ4n) is 4.00. The quantitative estimate of drug-likeness (QED) is 0.323. The highest BCUT2D eigenvalue weighted by molar-refractivity contribution is 5.49. The molecule has 166 valence electrons. The summed E-state index contributed by atoms with van der Waals surface area (Å²) in [5.74, 6) is 0. The molecule has 0 fully saturated rings. The fraction of sp³-hybridized carbons (Fsp3) is 0.133. The van der Waals surface area contributed by atoms with Gasteiger partial charge in [0.05, 0.1) is 24.3 Å². The van der Waals surface area contributed by atoms with Gasteiger partial charge in [-0.05, 0) is 22.3 Å². The summed E-state index contributed by atoms with van der Waals surface area (Å²) in [5, 5.41) is 26.1. The van der Waals surface area contributed by atoms with Crippen molar-refractivity contribution in [2.75, 3.05) is 0 Å². The molecule has 0 bridgehead atoms. The molecule has 3 N–H and O–H groups in total. The lowest BCUT2D eigenvalue weighted by molar-refractivity contribution is 0.0556. The number of rotatable bonds is 9. The maximum absolute atomic E-state index is 11.3. The summed E-state index contributed by atoms with van der Waals surface area (Å²) in [4.78, 5) is 0. The van der Waals surface area contributed by atoms with Crippen LogP contribution in [-0.4, -0.2) is 22.4 Å². The van der Waals surface area contributed by atoms with Crippen molar-refractivity contribution in [2.24, 2.45) is 0 Å². The van der Waals surface area contributed by atoms with Crippen LogP contribution >= 0.6 is 0 Å². The molecule has 0 unspecified atom stereocenters. The van der Waals surface area contributed by atoms with E-state index >= 15 is 0 Å². The monoisotopic (exact) mass is 435 g/mol. The molecular weight excluding hydrogens is 406 g/mol. The van der Waals surface area contributed by atoms with Crippen LogP contribution in [0.1, 0.15) is 34.4 Å². The van der Waals surface area contributed by atoms with Crippen LogP contribution in [0.15, 0.2) is 127 Å². The molecule has 0 saturated carbocycles. The summed E-state index contributed by atoms with van der Waals surface area (Å²) in [6.07, 6.45) is 1.80. The van der Waals surface area contributed by atoms with Gasteiger partial charge in [0.1, 0.15) is 0 Å². The average Bonchev–Trinajstić information content (AvgIpc) is 2.90. The molecule has 33 heavy (non-hydrogen) atoms. The van der Waals surface area contributed by atoms with Gasteiger partial charge in [0.15, 0.2) is 0 Å². The van der Waals surface area contributed by atoms with Crippen LogP contribution in [0.5, 0.6) is 0 Å². The van der Waals surface area contributed by atoms with E-state index in [4.69, 9.17) is 0 Å². The summed E-state index contributed by atoms with van der Waals surface area (Å²) in [6.45, 7) is 0. The van der Waals surface area contributed by atoms with Gasteiger partial charge in [-0.1, -0.05) is 133 Å². The summed E-state index contributed by atoms with van der Waals surface area (Å²) < 4.78 is 0. The second-order valence-corrected chi connectivity index (χ2v) is 8.06. The van der Waals surface area contributed by atoms with Crippen molar-refractivity contribution in [1.29, 1.82) is 0 Å². The van der Waals surface area contributed by atoms with E-state index in [2.05, 4.69) is 29.6 Å². The molecular formula is C30H29NO2. The molecule has 4 aromatic rings. The third-order valence-corrected chi connectivity index (χ3v) is 5.76. The third-order valence-electron chi connectivity index (χ3n) is 5.76. The van der Waals surface area contributed by atoms with Gasteiger partial charge in [-0.25, -0.2) is 0 Å². The lowest BCUT2D eigenvalue weighted by Crippen LogP contribution is -2.45. The van der Waals surface area contributed by atoms with Gasteiger partial charge < -0.3 is 10.2 Å². The maximum atomic E-state index is 11.3. The van der Waals surface area contributed by atoms with E-state index in [0.717, 1.165) is 22.3 Å². The topological polar surface area (TPSA) is 52.5 Å². The van der Waals surface area contributed by atoms with Crippen LogP contribution in [-0.2, 0) is 0 Å². The average molecular weight is 436 g/mol. The molecule has 3 heteroatoms. The molecule has 0 aliphatic carbocycles. The zero-order chi connectivity index (χ0) is 22.9. The van der Waals surface area contributed by atoms with Gasteiger partial charge in [-0.15, -0.1) is 0 Å². The van der Waals surface area contributed by atoms with E-state index < -0.39 is 18.2 Å². The van der Waals surface area contributed by atoms with Gasteiger partial charge in [0.2, 0.25) is 0 Å². The Bertz CT molecular complexity index is 1080. The first-order valence-electron chi connectivity index (χ1n) is 11.2. The van der Waals surface area contributed by atoms with Gasteiger partial charge in [-0.2, -0.15) is 0 Å². The van der Waals surface area contributed by atoms with Crippen molar-refractivity contribution in [3.05, 3.63) is 150 Å². The van der Waals surface area contributed by atoms with Gasteiger partial charge in [-0.3, -0.25) is 5.32 Å². The Morgan fingerprint density at radius 1 is 0.545 bits per heavy atom. The largest absolute Gasteiger partial charge is 0.387 e. The minimum absolute atomic E-state index is 0.199. The number of hydrogen-bond acceptors (Lipinski definition) is 3. The van der Waals surface area contributed by atoms with Gasteiger partial charge >= 0.3 is 0 Å². The molecule has 0 heterocycles. The summed E-state index contributed by atoms with van der Waals surface area (Å²) >= 11 is 0. The second-order valence-electron chi connectivity index (χ2n) is 8.06. The zero-order valence-electron chi connectivity index (χ0n) is 18.4. The predicted molar refractivity (Wildman–Crippen MR) is 135 cm³/mol. The molecule has 0 aromatic heterocycles. The molecule has 4 aromatic carbocycles. The Morgan fingerprint density at radius 3 is 1.45 bits per heavy atom. The second kappa shape index (κ2) is 11.4. The molecule has 0 aliphatic heterocycles. The number of benzene rings is 4. The van der Waals surface area contributed by atoms with E-state index in [0.29, 0.717) is 0 Å². The number of aliphatic hydroxyl groups is 2. The highest BCUT2D eigenvalue weighted by Crippen LogP contribution is 2.27. The van der Waals surface area contributed by atoms with E-state index in [1.807, 2.05) is 103 Å². The highest BCUT2D eigenvalue weighted by atomic mass is 16.3. The highest BCUT2D eigenvalue weighted by Gasteiger charge is 2.30. The first kappa shape index (κ1) is 22.7. The zero-order valence-corrected chi connectivity index (χ0v) is 18.4. The van der Waals surface area contributed by atoms with Crippen molar-refractivity contribution < 1.29 is 10.2 Å². The molecule has 4 rings (SSSR count). The van der Waals surface area contributed by atoms with Crippen molar-refractivity contribution >= 4 is 6.08 Å². The Kier molecular flexibility index (Phi) is 7.83. The smallest absolute Gasteiger partial charge is 0.0971 e. The lowest BCUT2D eigenvalue weighted by atomic mass is 9.92. The normalized spacial score (nSPS) is 14.3. The predicted octanol–water partition coefficient (Wildman–Crippen LogP) is 5.54. The first-order valence-corrected chi connectivity index (χ1v) is 11.2. The Hall–Kier alpha value is -3.50. The maximum Gasteiger partial charge on any atom is 0.0971 e. The summed E-state index contributed by atoms with van der Waals surface area (Å²) in [5.41, 5.74) is 3.87. The van der Waals surface area contributed by atoms with Crippen molar-refractivity contribution in [1.82, 2.24) is 5.32 Å². The molecule has 3 atom stereocenters. The van der Waals surface area contributed by atoms with E-state index in [9.17, 15) is 10.2 Å². The Balaban J connectivity index is 1.68. The SMILES string of the molecule is O[C@@H](/C=C/c1ccccc1)[C@H](NC(c1ccccc1)c1ccccc1)[C@@H](O)c1ccccc1. The number of nitrogens with one attached hydrogen (secondary N) is 1. The van der Waals surface area contributed by atoms with E-state index in [-0.39, 0.29) is 6.04 Å². The standard InChI is InChI=1S/C30H29NO2/c32-27(22-21-23-13-5-1-6-14-23)29(30(33)26-19-11-4-12-20-26)31-28(24-15-7-2-8-16-24)25-17-9-3-10-18-25/h1-22,27-33H/b22-21+/t27-,29-,30-/m0/s1. The molecule has 0 radical (unpaired) electrons. The van der Waals surface area contributed by atoms with E-state index in [1.54, 1.807) is 6.08 Å². The molecule has 3 nitrogen and oxygen atoms in total. The van der Waals surface area contributed by atoms with Crippen LogP contribution in [0.25, 0.3) is 6.08 Å². The van der Waals surface area contributed by atoms with Gasteiger partial charge in [0.25, 0.3) is 0 Å². The van der Waals surface area contributed by atoms with Crippen LogP contribution in [0, 0.1) is 0 Å². The minimum atomic E-state index is -0.921. The van der Waals surface area contributed by atoms with Crippen LogP contribution in [0.2, 0.25) is 0 Å². The van der Waals surface area contributed by atoms with Crippen LogP contribution in [0.4, 0.5) is 0 Å². The Morgan fingerprint density at radius 2 is 0.970 bits per heavy atom. The molecule has 0 saturated heterocycles. The summed E-state index contributed by atoms with van der Waals surface area (Å²) in [6, 6.07) is 38.7. The van der Waals surface area contributed by atoms with Crippen LogP contribution < -0.4 is 5.32 Å².